The summed E-state index contributed by atoms with van der Waals surface area (Å²) in [6, 6.07) is 7.37. The number of hydrogen-bond acceptors (Lipinski definition) is 4. The second kappa shape index (κ2) is 8.43. The van der Waals surface area contributed by atoms with E-state index in [4.69, 9.17) is 16.2 Å². The molecule has 0 aromatic heterocycles. The van der Waals surface area contributed by atoms with E-state index in [-0.39, 0.29) is 5.91 Å². The first-order valence-electron chi connectivity index (χ1n) is 6.96. The molecule has 5 heteroatoms. The molecule has 1 rings (SSSR count). The van der Waals surface area contributed by atoms with E-state index in [9.17, 15) is 4.79 Å². The SMILES string of the molecule is CC(C)CN(CCCOc1cccc(N)c1)CC(N)=O. The summed E-state index contributed by atoms with van der Waals surface area (Å²) in [5.41, 5.74) is 11.6. The van der Waals surface area contributed by atoms with E-state index in [1.165, 1.54) is 0 Å². The maximum atomic E-state index is 11.0. The van der Waals surface area contributed by atoms with Crippen molar-refractivity contribution < 1.29 is 9.53 Å². The van der Waals surface area contributed by atoms with Gasteiger partial charge in [-0.25, -0.2) is 0 Å². The van der Waals surface area contributed by atoms with Crippen LogP contribution in [-0.4, -0.2) is 37.0 Å². The lowest BCUT2D eigenvalue weighted by Crippen LogP contribution is -2.37. The van der Waals surface area contributed by atoms with Crippen LogP contribution < -0.4 is 16.2 Å². The third kappa shape index (κ3) is 6.99. The minimum Gasteiger partial charge on any atom is -0.493 e. The molecule has 0 aliphatic carbocycles. The highest BCUT2D eigenvalue weighted by Crippen LogP contribution is 2.14. The minimum atomic E-state index is -0.289. The third-order valence-electron chi connectivity index (χ3n) is 2.75. The van der Waals surface area contributed by atoms with E-state index in [1.807, 2.05) is 18.2 Å². The van der Waals surface area contributed by atoms with Gasteiger partial charge in [-0.2, -0.15) is 0 Å². The van der Waals surface area contributed by atoms with Crippen molar-refractivity contribution >= 4 is 11.6 Å². The number of rotatable bonds is 9. The van der Waals surface area contributed by atoms with Crippen LogP contribution in [0.2, 0.25) is 0 Å². The van der Waals surface area contributed by atoms with Crippen molar-refractivity contribution in [2.24, 2.45) is 11.7 Å². The van der Waals surface area contributed by atoms with Crippen molar-refractivity contribution in [3.8, 4) is 5.75 Å². The predicted molar refractivity (Wildman–Crippen MR) is 81.4 cm³/mol. The van der Waals surface area contributed by atoms with Crippen LogP contribution in [0.4, 0.5) is 5.69 Å². The molecule has 0 aliphatic heterocycles. The van der Waals surface area contributed by atoms with Crippen molar-refractivity contribution in [2.75, 3.05) is 32.0 Å². The molecule has 0 heterocycles. The summed E-state index contributed by atoms with van der Waals surface area (Å²) in [4.78, 5) is 13.1. The van der Waals surface area contributed by atoms with Gasteiger partial charge < -0.3 is 16.2 Å². The molecule has 0 radical (unpaired) electrons. The highest BCUT2D eigenvalue weighted by Gasteiger charge is 2.09. The molecule has 0 aliphatic rings. The first kappa shape index (κ1) is 16.3. The maximum absolute atomic E-state index is 11.0. The summed E-state index contributed by atoms with van der Waals surface area (Å²) in [6.07, 6.45) is 0.842. The average Bonchev–Trinajstić information content (AvgIpc) is 2.33. The molecule has 0 atom stereocenters. The Balaban J connectivity index is 2.31. The Morgan fingerprint density at radius 1 is 1.40 bits per heavy atom. The Kier molecular flexibility index (Phi) is 6.87. The zero-order chi connectivity index (χ0) is 15.0. The van der Waals surface area contributed by atoms with Gasteiger partial charge in [0, 0.05) is 24.8 Å². The van der Waals surface area contributed by atoms with Crippen LogP contribution in [0.5, 0.6) is 5.75 Å². The monoisotopic (exact) mass is 279 g/mol. The number of anilines is 1. The van der Waals surface area contributed by atoms with Gasteiger partial charge in [0.15, 0.2) is 0 Å². The molecular formula is C15H25N3O2. The molecule has 0 saturated carbocycles. The number of primary amides is 1. The number of carbonyl (C=O) groups is 1. The van der Waals surface area contributed by atoms with E-state index in [1.54, 1.807) is 6.07 Å². The first-order valence-corrected chi connectivity index (χ1v) is 6.96. The van der Waals surface area contributed by atoms with Crippen LogP contribution in [0.3, 0.4) is 0 Å². The van der Waals surface area contributed by atoms with Gasteiger partial charge in [-0.1, -0.05) is 19.9 Å². The maximum Gasteiger partial charge on any atom is 0.231 e. The summed E-state index contributed by atoms with van der Waals surface area (Å²) in [5.74, 6) is 0.988. The van der Waals surface area contributed by atoms with Crippen LogP contribution in [-0.2, 0) is 4.79 Å². The molecule has 1 amide bonds. The number of nitrogens with zero attached hydrogens (tertiary/aromatic N) is 1. The highest BCUT2D eigenvalue weighted by molar-refractivity contribution is 5.75. The second-order valence-electron chi connectivity index (χ2n) is 5.37. The molecule has 20 heavy (non-hydrogen) atoms. The number of nitrogen functional groups attached to an aromatic ring is 1. The highest BCUT2D eigenvalue weighted by atomic mass is 16.5. The van der Waals surface area contributed by atoms with Crippen LogP contribution in [0, 0.1) is 5.92 Å². The van der Waals surface area contributed by atoms with E-state index < -0.39 is 0 Å². The fraction of sp³-hybridized carbons (Fsp3) is 0.533. The standard InChI is InChI=1S/C15H25N3O2/c1-12(2)10-18(11-15(17)19)7-4-8-20-14-6-3-5-13(16)9-14/h3,5-6,9,12H,4,7-8,10-11,16H2,1-2H3,(H2,17,19). The van der Waals surface area contributed by atoms with Gasteiger partial charge in [-0.05, 0) is 24.5 Å². The molecule has 5 nitrogen and oxygen atoms in total. The lowest BCUT2D eigenvalue weighted by Gasteiger charge is -2.22. The lowest BCUT2D eigenvalue weighted by molar-refractivity contribution is -0.119. The van der Waals surface area contributed by atoms with Crippen LogP contribution in [0.25, 0.3) is 0 Å². The van der Waals surface area contributed by atoms with Crippen molar-refractivity contribution in [2.45, 2.75) is 20.3 Å². The molecule has 1 aromatic carbocycles. The van der Waals surface area contributed by atoms with Gasteiger partial charge in [0.2, 0.25) is 5.91 Å². The third-order valence-corrected chi connectivity index (χ3v) is 2.75. The summed E-state index contributed by atoms with van der Waals surface area (Å²) >= 11 is 0. The van der Waals surface area contributed by atoms with Crippen molar-refractivity contribution in [1.29, 1.82) is 0 Å². The van der Waals surface area contributed by atoms with Gasteiger partial charge in [0.25, 0.3) is 0 Å². The Morgan fingerprint density at radius 2 is 2.15 bits per heavy atom. The summed E-state index contributed by atoms with van der Waals surface area (Å²) in [7, 11) is 0. The van der Waals surface area contributed by atoms with Crippen LogP contribution in [0.1, 0.15) is 20.3 Å². The van der Waals surface area contributed by atoms with Gasteiger partial charge in [-0.3, -0.25) is 9.69 Å². The smallest absolute Gasteiger partial charge is 0.231 e. The summed E-state index contributed by atoms with van der Waals surface area (Å²) in [5, 5.41) is 0. The molecule has 4 N–H and O–H groups in total. The number of amides is 1. The van der Waals surface area contributed by atoms with E-state index >= 15 is 0 Å². The van der Waals surface area contributed by atoms with Gasteiger partial charge in [0.1, 0.15) is 5.75 Å². The predicted octanol–water partition coefficient (Wildman–Crippen LogP) is 1.48. The summed E-state index contributed by atoms with van der Waals surface area (Å²) < 4.78 is 5.62. The molecule has 0 fully saturated rings. The normalized spacial score (nSPS) is 11.0. The van der Waals surface area contributed by atoms with Crippen molar-refractivity contribution in [3.63, 3.8) is 0 Å². The first-order chi connectivity index (χ1) is 9.47. The number of carbonyl (C=O) groups excluding carboxylic acids is 1. The molecular weight excluding hydrogens is 254 g/mol. The van der Waals surface area contributed by atoms with E-state index in [0.717, 1.165) is 25.3 Å². The van der Waals surface area contributed by atoms with Crippen molar-refractivity contribution in [1.82, 2.24) is 4.90 Å². The van der Waals surface area contributed by atoms with Crippen molar-refractivity contribution in [3.05, 3.63) is 24.3 Å². The second-order valence-corrected chi connectivity index (χ2v) is 5.37. The van der Waals surface area contributed by atoms with Crippen LogP contribution >= 0.6 is 0 Å². The minimum absolute atomic E-state index is 0.289. The molecule has 0 saturated heterocycles. The fourth-order valence-electron chi connectivity index (χ4n) is 2.05. The average molecular weight is 279 g/mol. The number of ether oxygens (including phenoxy) is 1. The molecule has 0 unspecified atom stereocenters. The van der Waals surface area contributed by atoms with Gasteiger partial charge in [0.05, 0.1) is 13.2 Å². The fourth-order valence-corrected chi connectivity index (χ4v) is 2.05. The molecule has 112 valence electrons. The molecule has 0 spiro atoms. The zero-order valence-electron chi connectivity index (χ0n) is 12.3. The number of benzene rings is 1. The van der Waals surface area contributed by atoms with E-state index in [0.29, 0.717) is 24.8 Å². The van der Waals surface area contributed by atoms with E-state index in [2.05, 4.69) is 18.7 Å². The number of nitrogens with two attached hydrogens (primary N) is 2. The Hall–Kier alpha value is -1.75. The largest absolute Gasteiger partial charge is 0.493 e. The lowest BCUT2D eigenvalue weighted by atomic mass is 10.2. The van der Waals surface area contributed by atoms with Gasteiger partial charge in [-0.15, -0.1) is 0 Å². The number of hydrogen-bond donors (Lipinski definition) is 2. The molecule has 0 bridgehead atoms. The Morgan fingerprint density at radius 3 is 2.75 bits per heavy atom. The Bertz CT molecular complexity index is 421. The quantitative estimate of drug-likeness (QED) is 0.530. The summed E-state index contributed by atoms with van der Waals surface area (Å²) in [6.45, 7) is 6.80. The van der Waals surface area contributed by atoms with Crippen LogP contribution in [0.15, 0.2) is 24.3 Å². The van der Waals surface area contributed by atoms with Gasteiger partial charge >= 0.3 is 0 Å². The topological polar surface area (TPSA) is 81.6 Å². The Labute approximate surface area is 120 Å². The zero-order valence-corrected chi connectivity index (χ0v) is 12.3. The molecule has 1 aromatic rings.